The smallest absolute Gasteiger partial charge is 0.408 e. The molecule has 4 heteroatoms. The highest BCUT2D eigenvalue weighted by molar-refractivity contribution is 6.30. The van der Waals surface area contributed by atoms with E-state index in [-0.39, 0.29) is 12.1 Å². The van der Waals surface area contributed by atoms with Crippen LogP contribution in [0.5, 0.6) is 0 Å². The molecule has 3 nitrogen and oxygen atoms in total. The third-order valence-corrected chi connectivity index (χ3v) is 3.39. The van der Waals surface area contributed by atoms with Crippen LogP contribution in [0.15, 0.2) is 36.9 Å². The third-order valence-electron chi connectivity index (χ3n) is 3.16. The van der Waals surface area contributed by atoms with Crippen molar-refractivity contribution in [3.05, 3.63) is 47.5 Å². The van der Waals surface area contributed by atoms with Crippen LogP contribution in [0.4, 0.5) is 4.79 Å². The molecule has 1 aromatic carbocycles. The van der Waals surface area contributed by atoms with Crippen LogP contribution in [0.25, 0.3) is 0 Å². The average molecular weight is 252 g/mol. The lowest BCUT2D eigenvalue weighted by Crippen LogP contribution is -2.34. The molecule has 2 rings (SSSR count). The molecule has 1 fully saturated rings. The van der Waals surface area contributed by atoms with Crippen LogP contribution < -0.4 is 0 Å². The summed E-state index contributed by atoms with van der Waals surface area (Å²) in [4.78, 5) is 12.7. The van der Waals surface area contributed by atoms with Gasteiger partial charge in [0.25, 0.3) is 0 Å². The largest absolute Gasteiger partial charge is 0.465 e. The molecule has 1 saturated heterocycles. The molecule has 0 unspecified atom stereocenters. The molecule has 1 N–H and O–H groups in total. The fourth-order valence-electron chi connectivity index (χ4n) is 2.39. The van der Waals surface area contributed by atoms with E-state index < -0.39 is 6.09 Å². The predicted octanol–water partition coefficient (Wildman–Crippen LogP) is 3.71. The van der Waals surface area contributed by atoms with Crippen LogP contribution in [0, 0.1) is 0 Å². The monoisotopic (exact) mass is 251 g/mol. The lowest BCUT2D eigenvalue weighted by atomic mass is 10.1. The summed E-state index contributed by atoms with van der Waals surface area (Å²) >= 11 is 5.93. The van der Waals surface area contributed by atoms with Crippen LogP contribution in [-0.4, -0.2) is 22.1 Å². The van der Waals surface area contributed by atoms with E-state index in [0.717, 1.165) is 18.4 Å². The summed E-state index contributed by atoms with van der Waals surface area (Å²) in [6.45, 7) is 3.69. The highest BCUT2D eigenvalue weighted by atomic mass is 35.5. The molecule has 0 saturated carbocycles. The minimum atomic E-state index is -0.905. The third kappa shape index (κ3) is 2.29. The first kappa shape index (κ1) is 12.0. The van der Waals surface area contributed by atoms with Crippen LogP contribution >= 0.6 is 11.6 Å². The standard InChI is InChI=1S/C13H14ClNO2/c1-2-11-6-7-12(15(11)13(16)17)9-4-3-5-10(14)8-9/h2-5,8,11-12H,1,6-7H2,(H,16,17)/t11-,12-/m0/s1. The van der Waals surface area contributed by atoms with E-state index in [2.05, 4.69) is 6.58 Å². The molecule has 1 aromatic rings. The first-order valence-electron chi connectivity index (χ1n) is 5.52. The number of hydrogen-bond donors (Lipinski definition) is 1. The van der Waals surface area contributed by atoms with Crippen molar-refractivity contribution in [2.75, 3.05) is 0 Å². The summed E-state index contributed by atoms with van der Waals surface area (Å²) in [6.07, 6.45) is 2.41. The van der Waals surface area contributed by atoms with E-state index in [1.807, 2.05) is 18.2 Å². The van der Waals surface area contributed by atoms with Gasteiger partial charge < -0.3 is 5.11 Å². The van der Waals surface area contributed by atoms with E-state index in [1.165, 1.54) is 4.90 Å². The van der Waals surface area contributed by atoms with Crippen molar-refractivity contribution >= 4 is 17.7 Å². The number of nitrogens with zero attached hydrogens (tertiary/aromatic N) is 1. The fraction of sp³-hybridized carbons (Fsp3) is 0.308. The topological polar surface area (TPSA) is 40.5 Å². The zero-order valence-corrected chi connectivity index (χ0v) is 10.1. The highest BCUT2D eigenvalue weighted by Gasteiger charge is 2.36. The van der Waals surface area contributed by atoms with Crippen molar-refractivity contribution in [1.29, 1.82) is 0 Å². The molecule has 1 aliphatic heterocycles. The molecule has 0 aromatic heterocycles. The summed E-state index contributed by atoms with van der Waals surface area (Å²) in [6, 6.07) is 7.16. The van der Waals surface area contributed by atoms with Gasteiger partial charge in [-0.05, 0) is 30.5 Å². The van der Waals surface area contributed by atoms with Gasteiger partial charge in [-0.2, -0.15) is 0 Å². The van der Waals surface area contributed by atoms with Gasteiger partial charge >= 0.3 is 6.09 Å². The van der Waals surface area contributed by atoms with Gasteiger partial charge in [0.15, 0.2) is 0 Å². The number of carbonyl (C=O) groups is 1. The summed E-state index contributed by atoms with van der Waals surface area (Å²) in [5.41, 5.74) is 0.948. The Balaban J connectivity index is 2.32. The Hall–Kier alpha value is -1.48. The quantitative estimate of drug-likeness (QED) is 0.814. The van der Waals surface area contributed by atoms with Gasteiger partial charge in [-0.15, -0.1) is 6.58 Å². The molecule has 0 bridgehead atoms. The van der Waals surface area contributed by atoms with Crippen LogP contribution in [-0.2, 0) is 0 Å². The van der Waals surface area contributed by atoms with Crippen molar-refractivity contribution in [2.45, 2.75) is 24.9 Å². The maximum Gasteiger partial charge on any atom is 0.408 e. The Morgan fingerprint density at radius 1 is 1.53 bits per heavy atom. The predicted molar refractivity (Wildman–Crippen MR) is 67.3 cm³/mol. The maximum atomic E-state index is 11.3. The number of likely N-dealkylation sites (tertiary alicyclic amines) is 1. The van der Waals surface area contributed by atoms with Crippen molar-refractivity contribution in [1.82, 2.24) is 4.90 Å². The van der Waals surface area contributed by atoms with Gasteiger partial charge in [0.2, 0.25) is 0 Å². The van der Waals surface area contributed by atoms with Crippen molar-refractivity contribution < 1.29 is 9.90 Å². The van der Waals surface area contributed by atoms with E-state index in [4.69, 9.17) is 11.6 Å². The van der Waals surface area contributed by atoms with E-state index in [0.29, 0.717) is 5.02 Å². The molecule has 1 aliphatic rings. The first-order chi connectivity index (χ1) is 8.13. The molecule has 2 atom stereocenters. The average Bonchev–Trinajstić information content (AvgIpc) is 2.72. The summed E-state index contributed by atoms with van der Waals surface area (Å²) < 4.78 is 0. The summed E-state index contributed by atoms with van der Waals surface area (Å²) in [7, 11) is 0. The maximum absolute atomic E-state index is 11.3. The van der Waals surface area contributed by atoms with E-state index in [9.17, 15) is 9.90 Å². The minimum Gasteiger partial charge on any atom is -0.465 e. The van der Waals surface area contributed by atoms with Gasteiger partial charge in [0, 0.05) is 5.02 Å². The molecule has 1 heterocycles. The van der Waals surface area contributed by atoms with Gasteiger partial charge in [0.05, 0.1) is 12.1 Å². The molecular formula is C13H14ClNO2. The summed E-state index contributed by atoms with van der Waals surface area (Å²) in [5, 5.41) is 9.90. The Morgan fingerprint density at radius 2 is 2.29 bits per heavy atom. The number of rotatable bonds is 2. The SMILES string of the molecule is C=C[C@H]1CC[C@@H](c2cccc(Cl)c2)N1C(=O)O. The van der Waals surface area contributed by atoms with Gasteiger partial charge in [0.1, 0.15) is 0 Å². The Labute approximate surface area is 105 Å². The second kappa shape index (κ2) is 4.80. The Morgan fingerprint density at radius 3 is 2.88 bits per heavy atom. The Bertz CT molecular complexity index is 447. The van der Waals surface area contributed by atoms with E-state index >= 15 is 0 Å². The molecule has 1 amide bonds. The minimum absolute atomic E-state index is 0.100. The number of halogens is 1. The normalized spacial score (nSPS) is 23.7. The first-order valence-corrected chi connectivity index (χ1v) is 5.90. The lowest BCUT2D eigenvalue weighted by Gasteiger charge is -2.26. The van der Waals surface area contributed by atoms with Gasteiger partial charge in [-0.25, -0.2) is 4.79 Å². The van der Waals surface area contributed by atoms with Crippen molar-refractivity contribution in [2.24, 2.45) is 0 Å². The number of hydrogen-bond acceptors (Lipinski definition) is 1. The van der Waals surface area contributed by atoms with Crippen LogP contribution in [0.3, 0.4) is 0 Å². The molecule has 90 valence electrons. The second-order valence-electron chi connectivity index (χ2n) is 4.14. The lowest BCUT2D eigenvalue weighted by molar-refractivity contribution is 0.130. The number of benzene rings is 1. The molecular weight excluding hydrogens is 238 g/mol. The molecule has 0 spiro atoms. The van der Waals surface area contributed by atoms with E-state index in [1.54, 1.807) is 12.1 Å². The van der Waals surface area contributed by atoms with Crippen LogP contribution in [0.1, 0.15) is 24.4 Å². The molecule has 17 heavy (non-hydrogen) atoms. The van der Waals surface area contributed by atoms with Crippen molar-refractivity contribution in [3.8, 4) is 0 Å². The molecule has 0 radical (unpaired) electrons. The molecule has 0 aliphatic carbocycles. The Kier molecular flexibility index (Phi) is 3.38. The van der Waals surface area contributed by atoms with Crippen LogP contribution in [0.2, 0.25) is 5.02 Å². The number of carboxylic acid groups (broad SMARTS) is 1. The summed E-state index contributed by atoms with van der Waals surface area (Å²) in [5.74, 6) is 0. The zero-order valence-electron chi connectivity index (χ0n) is 9.34. The second-order valence-corrected chi connectivity index (χ2v) is 4.58. The van der Waals surface area contributed by atoms with Gasteiger partial charge in [-0.1, -0.05) is 29.8 Å². The highest BCUT2D eigenvalue weighted by Crippen LogP contribution is 2.37. The number of amides is 1. The fourth-order valence-corrected chi connectivity index (χ4v) is 2.58. The zero-order chi connectivity index (χ0) is 12.4. The van der Waals surface area contributed by atoms with Gasteiger partial charge in [-0.3, -0.25) is 4.90 Å². The van der Waals surface area contributed by atoms with Crippen molar-refractivity contribution in [3.63, 3.8) is 0 Å².